The van der Waals surface area contributed by atoms with Crippen LogP contribution in [0, 0.1) is 17.1 Å². The van der Waals surface area contributed by atoms with Crippen molar-refractivity contribution in [1.29, 1.82) is 5.26 Å². The average Bonchev–Trinajstić information content (AvgIpc) is 2.49. The first-order valence-electron chi connectivity index (χ1n) is 6.13. The molecular weight excluding hydrogens is 259 g/mol. The van der Waals surface area contributed by atoms with E-state index in [0.717, 1.165) is 6.42 Å². The van der Waals surface area contributed by atoms with Gasteiger partial charge in [-0.2, -0.15) is 5.26 Å². The maximum atomic E-state index is 12.7. The topological polar surface area (TPSA) is 70.8 Å². The lowest BCUT2D eigenvalue weighted by molar-refractivity contribution is 0.314. The molecule has 20 heavy (non-hydrogen) atoms. The third-order valence-electron chi connectivity index (χ3n) is 2.50. The van der Waals surface area contributed by atoms with Crippen LogP contribution in [0.15, 0.2) is 36.7 Å². The Bertz CT molecular complexity index is 595. The van der Waals surface area contributed by atoms with Crippen LogP contribution >= 0.6 is 0 Å². The van der Waals surface area contributed by atoms with Gasteiger partial charge in [-0.05, 0) is 30.7 Å². The SMILES string of the molecule is N#Cc1nccnc1NCCCOc1ccc(F)cc1. The molecule has 102 valence electrons. The fourth-order valence-corrected chi connectivity index (χ4v) is 1.55. The van der Waals surface area contributed by atoms with Gasteiger partial charge >= 0.3 is 0 Å². The first-order chi connectivity index (χ1) is 9.79. The quantitative estimate of drug-likeness (QED) is 0.817. The van der Waals surface area contributed by atoms with E-state index < -0.39 is 0 Å². The van der Waals surface area contributed by atoms with Crippen molar-refractivity contribution in [2.75, 3.05) is 18.5 Å². The normalized spacial score (nSPS) is 9.80. The minimum atomic E-state index is -0.286. The van der Waals surface area contributed by atoms with Gasteiger partial charge in [0, 0.05) is 18.9 Å². The number of aromatic nitrogens is 2. The zero-order valence-electron chi connectivity index (χ0n) is 10.7. The summed E-state index contributed by atoms with van der Waals surface area (Å²) >= 11 is 0. The van der Waals surface area contributed by atoms with Crippen LogP contribution < -0.4 is 10.1 Å². The highest BCUT2D eigenvalue weighted by molar-refractivity contribution is 5.46. The molecule has 1 aromatic carbocycles. The lowest BCUT2D eigenvalue weighted by atomic mass is 10.3. The molecule has 0 bridgehead atoms. The molecule has 2 aromatic rings. The number of nitriles is 1. The summed E-state index contributed by atoms with van der Waals surface area (Å²) in [6.45, 7) is 1.09. The van der Waals surface area contributed by atoms with Crippen molar-refractivity contribution in [3.63, 3.8) is 0 Å². The Hall–Kier alpha value is -2.68. The Kier molecular flexibility index (Phi) is 4.84. The molecule has 0 saturated carbocycles. The van der Waals surface area contributed by atoms with E-state index >= 15 is 0 Å². The molecule has 0 atom stereocenters. The Morgan fingerprint density at radius 3 is 2.70 bits per heavy atom. The summed E-state index contributed by atoms with van der Waals surface area (Å²) in [5.41, 5.74) is 0.270. The summed E-state index contributed by atoms with van der Waals surface area (Å²) in [7, 11) is 0. The zero-order chi connectivity index (χ0) is 14.2. The van der Waals surface area contributed by atoms with Crippen LogP contribution in [0.1, 0.15) is 12.1 Å². The zero-order valence-corrected chi connectivity index (χ0v) is 10.7. The van der Waals surface area contributed by atoms with Crippen molar-refractivity contribution in [1.82, 2.24) is 9.97 Å². The minimum Gasteiger partial charge on any atom is -0.494 e. The molecule has 0 spiro atoms. The number of hydrogen-bond donors (Lipinski definition) is 1. The van der Waals surface area contributed by atoms with Gasteiger partial charge in [-0.1, -0.05) is 0 Å². The summed E-state index contributed by atoms with van der Waals surface area (Å²) < 4.78 is 18.1. The molecular formula is C14H13FN4O. The number of ether oxygens (including phenoxy) is 1. The van der Waals surface area contributed by atoms with Crippen molar-refractivity contribution >= 4 is 5.82 Å². The number of nitrogens with one attached hydrogen (secondary N) is 1. The molecule has 0 unspecified atom stereocenters. The van der Waals surface area contributed by atoms with Gasteiger partial charge in [0.25, 0.3) is 0 Å². The first kappa shape index (κ1) is 13.7. The summed E-state index contributed by atoms with van der Waals surface area (Å²) in [6.07, 6.45) is 3.72. The number of halogens is 1. The molecule has 6 heteroatoms. The molecule has 5 nitrogen and oxygen atoms in total. The number of rotatable bonds is 6. The van der Waals surface area contributed by atoms with Gasteiger partial charge in [0.15, 0.2) is 11.5 Å². The Morgan fingerprint density at radius 1 is 1.20 bits per heavy atom. The number of hydrogen-bond acceptors (Lipinski definition) is 5. The van der Waals surface area contributed by atoms with Crippen molar-refractivity contribution in [2.24, 2.45) is 0 Å². The van der Waals surface area contributed by atoms with Gasteiger partial charge in [-0.25, -0.2) is 14.4 Å². The molecule has 2 rings (SSSR count). The fraction of sp³-hybridized carbons (Fsp3) is 0.214. The monoisotopic (exact) mass is 272 g/mol. The average molecular weight is 272 g/mol. The van der Waals surface area contributed by atoms with E-state index in [1.807, 2.05) is 6.07 Å². The van der Waals surface area contributed by atoms with Gasteiger partial charge in [0.05, 0.1) is 6.61 Å². The lowest BCUT2D eigenvalue weighted by Gasteiger charge is -2.08. The van der Waals surface area contributed by atoms with Crippen molar-refractivity contribution in [2.45, 2.75) is 6.42 Å². The molecule has 0 amide bonds. The highest BCUT2D eigenvalue weighted by Gasteiger charge is 2.02. The molecule has 1 heterocycles. The third-order valence-corrected chi connectivity index (χ3v) is 2.50. The molecule has 0 saturated heterocycles. The van der Waals surface area contributed by atoms with E-state index in [1.54, 1.807) is 12.1 Å². The van der Waals surface area contributed by atoms with Gasteiger partial charge in [0.2, 0.25) is 0 Å². The lowest BCUT2D eigenvalue weighted by Crippen LogP contribution is -2.09. The van der Waals surface area contributed by atoms with Crippen LogP contribution in [-0.4, -0.2) is 23.1 Å². The van der Waals surface area contributed by atoms with Crippen molar-refractivity contribution in [3.8, 4) is 11.8 Å². The molecule has 0 aliphatic heterocycles. The van der Waals surface area contributed by atoms with Crippen LogP contribution in [-0.2, 0) is 0 Å². The molecule has 1 aromatic heterocycles. The third kappa shape index (κ3) is 3.92. The summed E-state index contributed by atoms with van der Waals surface area (Å²) in [5, 5.41) is 11.9. The maximum Gasteiger partial charge on any atom is 0.182 e. The second kappa shape index (κ2) is 7.04. The van der Waals surface area contributed by atoms with E-state index in [0.29, 0.717) is 24.7 Å². The van der Waals surface area contributed by atoms with Crippen LogP contribution in [0.4, 0.5) is 10.2 Å². The largest absolute Gasteiger partial charge is 0.494 e. The van der Waals surface area contributed by atoms with Gasteiger partial charge < -0.3 is 10.1 Å². The molecule has 0 fully saturated rings. The van der Waals surface area contributed by atoms with Gasteiger partial charge in [-0.3, -0.25) is 0 Å². The summed E-state index contributed by atoms with van der Waals surface area (Å²) in [4.78, 5) is 7.94. The minimum absolute atomic E-state index is 0.270. The van der Waals surface area contributed by atoms with E-state index in [2.05, 4.69) is 15.3 Å². The van der Waals surface area contributed by atoms with Crippen LogP contribution in [0.5, 0.6) is 5.75 Å². The molecule has 0 aliphatic rings. The van der Waals surface area contributed by atoms with Crippen LogP contribution in [0.25, 0.3) is 0 Å². The van der Waals surface area contributed by atoms with Gasteiger partial charge in [-0.15, -0.1) is 0 Å². The molecule has 0 aliphatic carbocycles. The highest BCUT2D eigenvalue weighted by Crippen LogP contribution is 2.11. The Balaban J connectivity index is 1.72. The first-order valence-corrected chi connectivity index (χ1v) is 6.13. The second-order valence-corrected chi connectivity index (χ2v) is 3.95. The second-order valence-electron chi connectivity index (χ2n) is 3.95. The van der Waals surface area contributed by atoms with Crippen LogP contribution in [0.3, 0.4) is 0 Å². The van der Waals surface area contributed by atoms with E-state index in [-0.39, 0.29) is 11.5 Å². The Labute approximate surface area is 116 Å². The smallest absolute Gasteiger partial charge is 0.182 e. The number of nitrogens with zero attached hydrogens (tertiary/aromatic N) is 3. The maximum absolute atomic E-state index is 12.7. The number of anilines is 1. The van der Waals surface area contributed by atoms with E-state index in [4.69, 9.17) is 10.00 Å². The van der Waals surface area contributed by atoms with Crippen molar-refractivity contribution < 1.29 is 9.13 Å². The predicted octanol–water partition coefficient (Wildman–Crippen LogP) is 2.37. The van der Waals surface area contributed by atoms with Crippen molar-refractivity contribution in [3.05, 3.63) is 48.2 Å². The molecule has 1 N–H and O–H groups in total. The highest BCUT2D eigenvalue weighted by atomic mass is 19.1. The van der Waals surface area contributed by atoms with Crippen LogP contribution in [0.2, 0.25) is 0 Å². The Morgan fingerprint density at radius 2 is 1.95 bits per heavy atom. The standard InChI is InChI=1S/C14H13FN4O/c15-11-2-4-12(5-3-11)20-9-1-6-18-14-13(10-16)17-7-8-19-14/h2-5,7-8H,1,6,9H2,(H,18,19). The van der Waals surface area contributed by atoms with Gasteiger partial charge in [0.1, 0.15) is 17.6 Å². The van der Waals surface area contributed by atoms with E-state index in [1.165, 1.54) is 24.5 Å². The molecule has 0 radical (unpaired) electrons. The number of benzene rings is 1. The fourth-order valence-electron chi connectivity index (χ4n) is 1.55. The predicted molar refractivity (Wildman–Crippen MR) is 71.7 cm³/mol. The van der Waals surface area contributed by atoms with E-state index in [9.17, 15) is 4.39 Å². The summed E-state index contributed by atoms with van der Waals surface area (Å²) in [6, 6.07) is 7.84. The summed E-state index contributed by atoms with van der Waals surface area (Å²) in [5.74, 6) is 0.811.